The van der Waals surface area contributed by atoms with E-state index in [1.54, 1.807) is 24.3 Å². The smallest absolute Gasteiger partial charge is 0.338 e. The van der Waals surface area contributed by atoms with E-state index in [9.17, 15) is 4.79 Å². The van der Waals surface area contributed by atoms with Gasteiger partial charge in [0.2, 0.25) is 0 Å². The number of hydrogen-bond donors (Lipinski definition) is 3. The molecule has 0 aliphatic heterocycles. The highest BCUT2D eigenvalue weighted by Gasteiger charge is 2.15. The van der Waals surface area contributed by atoms with Gasteiger partial charge in [-0.2, -0.15) is 0 Å². The minimum atomic E-state index is -0.347. The molecule has 4 N–H and O–H groups in total. The molecule has 0 fully saturated rings. The highest BCUT2D eigenvalue weighted by atomic mass is 16.5. The van der Waals surface area contributed by atoms with Crippen molar-refractivity contribution >= 4 is 40.4 Å². The van der Waals surface area contributed by atoms with Gasteiger partial charge >= 0.3 is 5.97 Å². The SMILES string of the molecule is CC(C)COC(=O)c1ccc(Nc2ncnc(NN(c3ccccc3)c3ccccc3)c2N)cc1. The van der Waals surface area contributed by atoms with Crippen LogP contribution in [-0.4, -0.2) is 22.5 Å². The zero-order valence-corrected chi connectivity index (χ0v) is 19.7. The van der Waals surface area contributed by atoms with Crippen LogP contribution in [0.2, 0.25) is 0 Å². The molecule has 1 heterocycles. The fraction of sp³-hybridized carbons (Fsp3) is 0.148. The van der Waals surface area contributed by atoms with Crippen LogP contribution in [0.5, 0.6) is 0 Å². The molecule has 178 valence electrons. The van der Waals surface area contributed by atoms with E-state index < -0.39 is 0 Å². The van der Waals surface area contributed by atoms with Crippen LogP contribution in [0.3, 0.4) is 0 Å². The number of aromatic nitrogens is 2. The summed E-state index contributed by atoms with van der Waals surface area (Å²) >= 11 is 0. The van der Waals surface area contributed by atoms with Gasteiger partial charge in [-0.15, -0.1) is 0 Å². The normalized spacial score (nSPS) is 10.6. The third-order valence-electron chi connectivity index (χ3n) is 5.06. The number of hydrogen-bond acceptors (Lipinski definition) is 8. The first-order chi connectivity index (χ1) is 17.0. The first-order valence-corrected chi connectivity index (χ1v) is 11.3. The summed E-state index contributed by atoms with van der Waals surface area (Å²) in [6, 6.07) is 26.7. The van der Waals surface area contributed by atoms with Crippen LogP contribution in [0.25, 0.3) is 0 Å². The first-order valence-electron chi connectivity index (χ1n) is 11.3. The van der Waals surface area contributed by atoms with Crippen LogP contribution in [0, 0.1) is 5.92 Å². The van der Waals surface area contributed by atoms with Crippen molar-refractivity contribution in [2.24, 2.45) is 5.92 Å². The quantitative estimate of drug-likeness (QED) is 0.210. The third-order valence-corrected chi connectivity index (χ3v) is 5.06. The predicted octanol–water partition coefficient (Wildman–Crippen LogP) is 5.78. The molecule has 0 aliphatic carbocycles. The lowest BCUT2D eigenvalue weighted by Gasteiger charge is -2.26. The van der Waals surface area contributed by atoms with Gasteiger partial charge in [0.25, 0.3) is 0 Å². The second-order valence-corrected chi connectivity index (χ2v) is 8.30. The van der Waals surface area contributed by atoms with Crippen LogP contribution >= 0.6 is 0 Å². The molecule has 0 spiro atoms. The molecule has 0 amide bonds. The molecule has 0 aliphatic rings. The molecular formula is C27H28N6O2. The van der Waals surface area contributed by atoms with Gasteiger partial charge in [-0.1, -0.05) is 50.2 Å². The van der Waals surface area contributed by atoms with Gasteiger partial charge in [0.1, 0.15) is 12.0 Å². The maximum atomic E-state index is 12.2. The number of hydrazine groups is 1. The average molecular weight is 469 g/mol. The zero-order chi connectivity index (χ0) is 24.6. The summed E-state index contributed by atoms with van der Waals surface area (Å²) < 4.78 is 5.28. The molecule has 35 heavy (non-hydrogen) atoms. The van der Waals surface area contributed by atoms with Gasteiger partial charge in [0.05, 0.1) is 23.5 Å². The van der Waals surface area contributed by atoms with Crippen LogP contribution in [0.15, 0.2) is 91.3 Å². The largest absolute Gasteiger partial charge is 0.462 e. The van der Waals surface area contributed by atoms with Crippen molar-refractivity contribution in [3.8, 4) is 0 Å². The Balaban J connectivity index is 1.53. The summed E-state index contributed by atoms with van der Waals surface area (Å²) in [6.07, 6.45) is 1.44. The Hall–Kier alpha value is -4.59. The Morgan fingerprint density at radius 3 is 2.03 bits per heavy atom. The number of nitrogens with one attached hydrogen (secondary N) is 2. The number of benzene rings is 3. The summed E-state index contributed by atoms with van der Waals surface area (Å²) in [5, 5.41) is 5.10. The van der Waals surface area contributed by atoms with E-state index in [2.05, 4.69) is 20.7 Å². The fourth-order valence-corrected chi connectivity index (χ4v) is 3.27. The number of carbonyl (C=O) groups is 1. The topological polar surface area (TPSA) is 105 Å². The van der Waals surface area contributed by atoms with Gasteiger partial charge < -0.3 is 15.8 Å². The lowest BCUT2D eigenvalue weighted by atomic mass is 10.2. The number of nitrogens with two attached hydrogens (primary N) is 1. The number of anilines is 6. The number of nitrogen functional groups attached to an aromatic ring is 1. The average Bonchev–Trinajstić information content (AvgIpc) is 2.89. The lowest BCUT2D eigenvalue weighted by molar-refractivity contribution is 0.0459. The molecule has 0 unspecified atom stereocenters. The first kappa shape index (κ1) is 23.6. The van der Waals surface area contributed by atoms with Crippen LogP contribution in [0.4, 0.5) is 34.4 Å². The molecular weight excluding hydrogens is 440 g/mol. The van der Waals surface area contributed by atoms with E-state index in [-0.39, 0.29) is 11.9 Å². The van der Waals surface area contributed by atoms with Gasteiger partial charge in [-0.05, 0) is 54.4 Å². The van der Waals surface area contributed by atoms with E-state index in [0.29, 0.717) is 29.5 Å². The van der Waals surface area contributed by atoms with Crippen molar-refractivity contribution in [1.29, 1.82) is 0 Å². The van der Waals surface area contributed by atoms with E-state index in [1.165, 1.54) is 6.33 Å². The number of rotatable bonds is 9. The summed E-state index contributed by atoms with van der Waals surface area (Å²) in [4.78, 5) is 20.8. The fourth-order valence-electron chi connectivity index (χ4n) is 3.27. The van der Waals surface area contributed by atoms with Crippen molar-refractivity contribution in [2.75, 3.05) is 28.1 Å². The number of para-hydroxylation sites is 2. The van der Waals surface area contributed by atoms with E-state index >= 15 is 0 Å². The third kappa shape index (κ3) is 6.05. The second kappa shape index (κ2) is 11.0. The number of ether oxygens (including phenoxy) is 1. The van der Waals surface area contributed by atoms with E-state index in [1.807, 2.05) is 79.5 Å². The van der Waals surface area contributed by atoms with Gasteiger partial charge in [0, 0.05) is 5.69 Å². The molecule has 8 nitrogen and oxygen atoms in total. The number of esters is 1. The van der Waals surface area contributed by atoms with Crippen molar-refractivity contribution in [3.63, 3.8) is 0 Å². The number of nitrogens with zero attached hydrogens (tertiary/aromatic N) is 3. The second-order valence-electron chi connectivity index (χ2n) is 8.30. The minimum Gasteiger partial charge on any atom is -0.462 e. The molecule has 8 heteroatoms. The van der Waals surface area contributed by atoms with Crippen LogP contribution in [0.1, 0.15) is 24.2 Å². The summed E-state index contributed by atoms with van der Waals surface area (Å²) in [5.41, 5.74) is 13.1. The Labute approximate surface area is 204 Å². The molecule has 0 saturated carbocycles. The molecule has 0 bridgehead atoms. The van der Waals surface area contributed by atoms with Crippen molar-refractivity contribution in [2.45, 2.75) is 13.8 Å². The Kier molecular flexibility index (Phi) is 7.42. The Morgan fingerprint density at radius 2 is 1.46 bits per heavy atom. The van der Waals surface area contributed by atoms with Crippen LogP contribution in [-0.2, 0) is 4.74 Å². The summed E-state index contributed by atoms with van der Waals surface area (Å²) in [6.45, 7) is 4.37. The molecule has 3 aromatic carbocycles. The van der Waals surface area contributed by atoms with Crippen LogP contribution < -0.4 is 21.5 Å². The van der Waals surface area contributed by atoms with Gasteiger partial charge in [-0.25, -0.2) is 14.8 Å². The molecule has 0 saturated heterocycles. The standard InChI is InChI=1S/C27H28N6O2/c1-19(2)17-35-27(34)20-13-15-21(16-14-20)31-25-24(28)26(30-18-29-25)32-33(22-9-5-3-6-10-22)23-11-7-4-8-12-23/h3-16,18-19H,17,28H2,1-2H3,(H2,29,30,31,32). The maximum Gasteiger partial charge on any atom is 0.338 e. The summed E-state index contributed by atoms with van der Waals surface area (Å²) in [5.74, 6) is 0.825. The predicted molar refractivity (Wildman–Crippen MR) is 140 cm³/mol. The van der Waals surface area contributed by atoms with Gasteiger partial charge in [-0.3, -0.25) is 10.4 Å². The highest BCUT2D eigenvalue weighted by molar-refractivity contribution is 5.90. The van der Waals surface area contributed by atoms with E-state index in [0.717, 1.165) is 17.1 Å². The van der Waals surface area contributed by atoms with Gasteiger partial charge in [0.15, 0.2) is 11.6 Å². The molecule has 1 aromatic heterocycles. The highest BCUT2D eigenvalue weighted by Crippen LogP contribution is 2.30. The van der Waals surface area contributed by atoms with Crippen molar-refractivity contribution < 1.29 is 9.53 Å². The molecule has 0 atom stereocenters. The zero-order valence-electron chi connectivity index (χ0n) is 19.7. The molecule has 4 aromatic rings. The Bertz CT molecular complexity index is 1210. The summed E-state index contributed by atoms with van der Waals surface area (Å²) in [7, 11) is 0. The van der Waals surface area contributed by atoms with E-state index in [4.69, 9.17) is 10.5 Å². The number of carbonyl (C=O) groups excluding carboxylic acids is 1. The van der Waals surface area contributed by atoms with Crippen molar-refractivity contribution in [3.05, 3.63) is 96.8 Å². The minimum absolute atomic E-state index is 0.281. The maximum absolute atomic E-state index is 12.2. The Morgan fingerprint density at radius 1 is 0.886 bits per heavy atom. The lowest BCUT2D eigenvalue weighted by Crippen LogP contribution is -2.26. The van der Waals surface area contributed by atoms with Crippen molar-refractivity contribution in [1.82, 2.24) is 9.97 Å². The molecule has 0 radical (unpaired) electrons. The molecule has 4 rings (SSSR count). The monoisotopic (exact) mass is 468 g/mol.